The molecule has 8 heteroatoms. The van der Waals surface area contributed by atoms with Gasteiger partial charge in [-0.3, -0.25) is 9.59 Å². The third kappa shape index (κ3) is 5.03. The number of rotatable bonds is 7. The molecule has 2 unspecified atom stereocenters. The molecule has 1 aliphatic carbocycles. The third-order valence-electron chi connectivity index (χ3n) is 5.57. The quantitative estimate of drug-likeness (QED) is 0.669. The topological polar surface area (TPSA) is 101 Å². The Morgan fingerprint density at radius 3 is 2.88 bits per heavy atom. The molecule has 0 aromatic carbocycles. The zero-order valence-electron chi connectivity index (χ0n) is 15.5. The van der Waals surface area contributed by atoms with Crippen molar-refractivity contribution in [1.29, 1.82) is 0 Å². The molecule has 0 spiro atoms. The number of aromatic nitrogens is 3. The van der Waals surface area contributed by atoms with Crippen LogP contribution in [0.2, 0.25) is 0 Å². The Morgan fingerprint density at radius 2 is 2.12 bits per heavy atom. The summed E-state index contributed by atoms with van der Waals surface area (Å²) < 4.78 is 1.79. The predicted molar refractivity (Wildman–Crippen MR) is 97.2 cm³/mol. The van der Waals surface area contributed by atoms with Crippen molar-refractivity contribution < 1.29 is 9.59 Å². The molecule has 3 rings (SSSR count). The number of likely N-dealkylation sites (N-methyl/N-ethyl adjacent to an activating group) is 1. The first-order valence-electron chi connectivity index (χ1n) is 9.78. The smallest absolute Gasteiger partial charge is 0.236 e. The molecule has 1 saturated carbocycles. The van der Waals surface area contributed by atoms with Crippen LogP contribution in [0, 0.1) is 5.92 Å². The van der Waals surface area contributed by atoms with Crippen molar-refractivity contribution >= 4 is 11.8 Å². The third-order valence-corrected chi connectivity index (χ3v) is 5.57. The number of carbonyl (C=O) groups excluding carboxylic acids is 2. The van der Waals surface area contributed by atoms with Crippen LogP contribution in [0.25, 0.3) is 0 Å². The van der Waals surface area contributed by atoms with E-state index < -0.39 is 0 Å². The highest BCUT2D eigenvalue weighted by Crippen LogP contribution is 2.27. The van der Waals surface area contributed by atoms with Gasteiger partial charge in [0.25, 0.3) is 0 Å². The molecular formula is C18H30N6O2. The molecule has 2 fully saturated rings. The second kappa shape index (κ2) is 9.12. The minimum absolute atomic E-state index is 0.00179. The van der Waals surface area contributed by atoms with Crippen molar-refractivity contribution in [2.24, 2.45) is 5.92 Å². The van der Waals surface area contributed by atoms with Gasteiger partial charge in [0.1, 0.15) is 5.69 Å². The summed E-state index contributed by atoms with van der Waals surface area (Å²) in [6, 6.07) is -0.0716. The van der Waals surface area contributed by atoms with Crippen molar-refractivity contribution in [2.75, 3.05) is 13.6 Å². The highest BCUT2D eigenvalue weighted by atomic mass is 16.2. The number of nitrogens with one attached hydrogen (secondary N) is 3. The first-order chi connectivity index (χ1) is 12.7. The predicted octanol–water partition coefficient (Wildman–Crippen LogP) is 0.904. The molecule has 1 aromatic heterocycles. The Labute approximate surface area is 154 Å². The van der Waals surface area contributed by atoms with Gasteiger partial charge in [0.2, 0.25) is 11.8 Å². The molecular weight excluding hydrogens is 332 g/mol. The fraction of sp³-hybridized carbons (Fsp3) is 0.778. The molecule has 3 N–H and O–H groups in total. The maximum Gasteiger partial charge on any atom is 0.236 e. The van der Waals surface area contributed by atoms with E-state index in [0.717, 1.165) is 18.0 Å². The van der Waals surface area contributed by atoms with Gasteiger partial charge in [-0.15, -0.1) is 5.10 Å². The normalized spacial score (nSPS) is 23.7. The van der Waals surface area contributed by atoms with Crippen LogP contribution in [0.3, 0.4) is 0 Å². The molecule has 1 saturated heterocycles. The summed E-state index contributed by atoms with van der Waals surface area (Å²) in [5, 5.41) is 17.1. The lowest BCUT2D eigenvalue weighted by Gasteiger charge is -2.20. The van der Waals surface area contributed by atoms with Gasteiger partial charge < -0.3 is 16.0 Å². The summed E-state index contributed by atoms with van der Waals surface area (Å²) in [5.41, 5.74) is 0.749. The number of carbonyl (C=O) groups is 2. The van der Waals surface area contributed by atoms with Crippen LogP contribution in [-0.2, 0) is 16.1 Å². The second-order valence-corrected chi connectivity index (χ2v) is 7.47. The average molecular weight is 362 g/mol. The maximum atomic E-state index is 12.1. The van der Waals surface area contributed by atoms with E-state index in [1.54, 1.807) is 11.7 Å². The minimum atomic E-state index is -0.183. The first kappa shape index (κ1) is 18.8. The van der Waals surface area contributed by atoms with Crippen LogP contribution in [0.4, 0.5) is 0 Å². The SMILES string of the molecule is CNC(=O)C1CC(n2cc(CNC(=O)CCC3CCCCC3)nn2)CN1. The van der Waals surface area contributed by atoms with Crippen molar-refractivity contribution in [1.82, 2.24) is 30.9 Å². The molecule has 2 atom stereocenters. The molecule has 26 heavy (non-hydrogen) atoms. The van der Waals surface area contributed by atoms with E-state index in [9.17, 15) is 9.59 Å². The fourth-order valence-electron chi connectivity index (χ4n) is 3.95. The monoisotopic (exact) mass is 362 g/mol. The van der Waals surface area contributed by atoms with Crippen molar-refractivity contribution in [3.63, 3.8) is 0 Å². The van der Waals surface area contributed by atoms with Gasteiger partial charge in [-0.05, 0) is 18.8 Å². The lowest BCUT2D eigenvalue weighted by Crippen LogP contribution is -2.38. The summed E-state index contributed by atoms with van der Waals surface area (Å²) in [6.07, 6.45) is 10.7. The molecule has 1 aromatic rings. The Kier molecular flexibility index (Phi) is 6.60. The highest BCUT2D eigenvalue weighted by molar-refractivity contribution is 5.81. The number of hydrogen-bond acceptors (Lipinski definition) is 5. The van der Waals surface area contributed by atoms with E-state index in [1.165, 1.54) is 32.1 Å². The maximum absolute atomic E-state index is 12.1. The van der Waals surface area contributed by atoms with Crippen LogP contribution < -0.4 is 16.0 Å². The van der Waals surface area contributed by atoms with E-state index in [0.29, 0.717) is 25.9 Å². The molecule has 1 aliphatic heterocycles. The average Bonchev–Trinajstić information content (AvgIpc) is 3.34. The van der Waals surface area contributed by atoms with Gasteiger partial charge in [-0.1, -0.05) is 37.3 Å². The Morgan fingerprint density at radius 1 is 1.31 bits per heavy atom. The van der Waals surface area contributed by atoms with Crippen molar-refractivity contribution in [3.05, 3.63) is 11.9 Å². The zero-order chi connectivity index (χ0) is 18.4. The van der Waals surface area contributed by atoms with Crippen LogP contribution in [0.5, 0.6) is 0 Å². The summed E-state index contributed by atoms with van der Waals surface area (Å²) in [6.45, 7) is 1.09. The van der Waals surface area contributed by atoms with Crippen molar-refractivity contribution in [2.45, 2.75) is 70.0 Å². The van der Waals surface area contributed by atoms with Crippen LogP contribution in [-0.4, -0.2) is 46.4 Å². The van der Waals surface area contributed by atoms with Gasteiger partial charge in [-0.2, -0.15) is 0 Å². The molecule has 0 bridgehead atoms. The minimum Gasteiger partial charge on any atom is -0.358 e. The lowest BCUT2D eigenvalue weighted by molar-refractivity contribution is -0.122. The van der Waals surface area contributed by atoms with E-state index >= 15 is 0 Å². The van der Waals surface area contributed by atoms with Crippen LogP contribution >= 0.6 is 0 Å². The second-order valence-electron chi connectivity index (χ2n) is 7.47. The van der Waals surface area contributed by atoms with Gasteiger partial charge in [0.05, 0.1) is 24.8 Å². The van der Waals surface area contributed by atoms with E-state index in [2.05, 4.69) is 26.3 Å². The summed E-state index contributed by atoms with van der Waals surface area (Å²) in [7, 11) is 1.64. The van der Waals surface area contributed by atoms with Gasteiger partial charge in [0.15, 0.2) is 0 Å². The first-order valence-corrected chi connectivity index (χ1v) is 9.78. The highest BCUT2D eigenvalue weighted by Gasteiger charge is 2.30. The van der Waals surface area contributed by atoms with Gasteiger partial charge >= 0.3 is 0 Å². The molecule has 0 radical (unpaired) electrons. The number of hydrogen-bond donors (Lipinski definition) is 3. The van der Waals surface area contributed by atoms with Crippen LogP contribution in [0.1, 0.15) is 63.1 Å². The summed E-state index contributed by atoms with van der Waals surface area (Å²) in [4.78, 5) is 23.7. The number of nitrogens with zero attached hydrogens (tertiary/aromatic N) is 3. The lowest BCUT2D eigenvalue weighted by atomic mass is 9.86. The largest absolute Gasteiger partial charge is 0.358 e. The van der Waals surface area contributed by atoms with Crippen molar-refractivity contribution in [3.8, 4) is 0 Å². The Hall–Kier alpha value is -1.96. The Bertz CT molecular complexity index is 611. The van der Waals surface area contributed by atoms with Gasteiger partial charge in [-0.25, -0.2) is 4.68 Å². The summed E-state index contributed by atoms with van der Waals surface area (Å²) >= 11 is 0. The fourth-order valence-corrected chi connectivity index (χ4v) is 3.95. The van der Waals surface area contributed by atoms with Gasteiger partial charge in [0, 0.05) is 20.0 Å². The van der Waals surface area contributed by atoms with E-state index in [1.807, 2.05) is 6.20 Å². The molecule has 8 nitrogen and oxygen atoms in total. The van der Waals surface area contributed by atoms with E-state index in [-0.39, 0.29) is 23.9 Å². The molecule has 144 valence electrons. The van der Waals surface area contributed by atoms with E-state index in [4.69, 9.17) is 0 Å². The number of amides is 2. The molecule has 2 heterocycles. The standard InChI is InChI=1S/C18H30N6O2/c1-19-18(26)16-9-15(11-20-16)24-12-14(22-23-24)10-21-17(25)8-7-13-5-3-2-4-6-13/h12-13,15-16,20H,2-11H2,1H3,(H,19,26)(H,21,25). The summed E-state index contributed by atoms with van der Waals surface area (Å²) in [5.74, 6) is 0.809. The zero-order valence-corrected chi connectivity index (χ0v) is 15.5. The molecule has 2 amide bonds. The van der Waals surface area contributed by atoms with Crippen LogP contribution in [0.15, 0.2) is 6.20 Å². The Balaban J connectivity index is 1.39. The molecule has 2 aliphatic rings.